The third-order valence-corrected chi connectivity index (χ3v) is 2.87. The molecular weight excluding hydrogens is 294 g/mol. The Morgan fingerprint density at radius 2 is 2.19 bits per heavy atom. The van der Waals surface area contributed by atoms with E-state index in [-0.39, 0.29) is 11.4 Å². The van der Waals surface area contributed by atoms with Gasteiger partial charge in [0.15, 0.2) is 0 Å². The Kier molecular flexibility index (Phi) is 4.94. The van der Waals surface area contributed by atoms with Crippen molar-refractivity contribution < 1.29 is 9.66 Å². The van der Waals surface area contributed by atoms with Crippen molar-refractivity contribution in [1.82, 2.24) is 4.98 Å². The summed E-state index contributed by atoms with van der Waals surface area (Å²) < 4.78 is 5.54. The van der Waals surface area contributed by atoms with Crippen molar-refractivity contribution in [3.8, 4) is 11.5 Å². The molecule has 21 heavy (non-hydrogen) atoms. The molecule has 0 unspecified atom stereocenters. The van der Waals surface area contributed by atoms with Crippen LogP contribution in [-0.2, 0) is 0 Å². The van der Waals surface area contributed by atoms with E-state index in [1.165, 1.54) is 24.4 Å². The fourth-order valence-electron chi connectivity index (χ4n) is 1.69. The molecule has 0 fully saturated rings. The number of benzene rings is 1. The summed E-state index contributed by atoms with van der Waals surface area (Å²) in [5.74, 6) is 0.489. The minimum atomic E-state index is -0.516. The number of nitro benzene ring substituents is 1. The van der Waals surface area contributed by atoms with Gasteiger partial charge in [-0.25, -0.2) is 0 Å². The molecule has 6 nitrogen and oxygen atoms in total. The van der Waals surface area contributed by atoms with Crippen LogP contribution in [0.4, 0.5) is 11.4 Å². The third-order valence-electron chi connectivity index (χ3n) is 2.64. The SMILES string of the molecule is CCCNc1cncc(Oc2cc(Cl)ccc2[N+](=O)[O-])c1. The molecule has 0 spiro atoms. The molecule has 1 N–H and O–H groups in total. The van der Waals surface area contributed by atoms with Crippen LogP contribution >= 0.6 is 11.6 Å². The van der Waals surface area contributed by atoms with E-state index in [0.29, 0.717) is 10.8 Å². The third kappa shape index (κ3) is 4.06. The standard InChI is InChI=1S/C14H14ClN3O3/c1-2-5-17-11-7-12(9-16-8-11)21-14-6-10(15)3-4-13(14)18(19)20/h3-4,6-9,17H,2,5H2,1H3. The largest absolute Gasteiger partial charge is 0.448 e. The molecule has 0 aliphatic rings. The predicted octanol–water partition coefficient (Wildman–Crippen LogP) is 4.26. The topological polar surface area (TPSA) is 77.3 Å². The predicted molar refractivity (Wildman–Crippen MR) is 81.2 cm³/mol. The second-order valence-corrected chi connectivity index (χ2v) is 4.74. The van der Waals surface area contributed by atoms with Crippen molar-refractivity contribution in [2.75, 3.05) is 11.9 Å². The molecular formula is C14H14ClN3O3. The minimum absolute atomic E-state index is 0.0851. The van der Waals surface area contributed by atoms with Crippen LogP contribution in [0.1, 0.15) is 13.3 Å². The highest BCUT2D eigenvalue weighted by Crippen LogP contribution is 2.34. The highest BCUT2D eigenvalue weighted by Gasteiger charge is 2.16. The number of nitrogens with zero attached hydrogens (tertiary/aromatic N) is 2. The quantitative estimate of drug-likeness (QED) is 0.637. The molecule has 7 heteroatoms. The number of nitro groups is 1. The summed E-state index contributed by atoms with van der Waals surface area (Å²) in [5.41, 5.74) is 0.644. The first-order chi connectivity index (χ1) is 10.1. The zero-order valence-electron chi connectivity index (χ0n) is 11.4. The van der Waals surface area contributed by atoms with Gasteiger partial charge in [-0.3, -0.25) is 15.1 Å². The number of aromatic nitrogens is 1. The van der Waals surface area contributed by atoms with Gasteiger partial charge in [0, 0.05) is 29.8 Å². The Hall–Kier alpha value is -2.34. The minimum Gasteiger partial charge on any atom is -0.448 e. The van der Waals surface area contributed by atoms with E-state index in [1.807, 2.05) is 0 Å². The molecule has 0 radical (unpaired) electrons. The Morgan fingerprint density at radius 1 is 1.38 bits per heavy atom. The van der Waals surface area contributed by atoms with Crippen LogP contribution in [0.25, 0.3) is 0 Å². The van der Waals surface area contributed by atoms with Gasteiger partial charge in [-0.2, -0.15) is 0 Å². The number of nitrogens with one attached hydrogen (secondary N) is 1. The maximum Gasteiger partial charge on any atom is 0.311 e. The Bertz CT molecular complexity index is 649. The van der Waals surface area contributed by atoms with Gasteiger partial charge in [0.2, 0.25) is 5.75 Å². The van der Waals surface area contributed by atoms with Gasteiger partial charge in [-0.05, 0) is 12.5 Å². The summed E-state index contributed by atoms with van der Waals surface area (Å²) in [6.07, 6.45) is 4.13. The van der Waals surface area contributed by atoms with Crippen molar-refractivity contribution in [1.29, 1.82) is 0 Å². The van der Waals surface area contributed by atoms with Crippen molar-refractivity contribution in [3.05, 3.63) is 51.8 Å². The number of hydrogen-bond acceptors (Lipinski definition) is 5. The Morgan fingerprint density at radius 3 is 2.90 bits per heavy atom. The normalized spacial score (nSPS) is 10.2. The first kappa shape index (κ1) is 15.1. The van der Waals surface area contributed by atoms with Crippen LogP contribution in [0, 0.1) is 10.1 Å². The number of rotatable bonds is 6. The average Bonchev–Trinajstić information content (AvgIpc) is 2.45. The van der Waals surface area contributed by atoms with Crippen LogP contribution in [-0.4, -0.2) is 16.5 Å². The van der Waals surface area contributed by atoms with Gasteiger partial charge < -0.3 is 10.1 Å². The maximum atomic E-state index is 11.0. The zero-order valence-corrected chi connectivity index (χ0v) is 12.1. The van der Waals surface area contributed by atoms with Gasteiger partial charge in [0.05, 0.1) is 23.0 Å². The van der Waals surface area contributed by atoms with E-state index in [4.69, 9.17) is 16.3 Å². The summed E-state index contributed by atoms with van der Waals surface area (Å²) in [6, 6.07) is 5.90. The first-order valence-electron chi connectivity index (χ1n) is 6.41. The number of pyridine rings is 1. The molecule has 1 heterocycles. The molecule has 0 amide bonds. The van der Waals surface area contributed by atoms with Crippen molar-refractivity contribution in [3.63, 3.8) is 0 Å². The zero-order chi connectivity index (χ0) is 15.2. The van der Waals surface area contributed by atoms with E-state index in [1.54, 1.807) is 12.3 Å². The number of hydrogen-bond donors (Lipinski definition) is 1. The summed E-state index contributed by atoms with van der Waals surface area (Å²) in [5, 5.41) is 14.5. The lowest BCUT2D eigenvalue weighted by molar-refractivity contribution is -0.385. The van der Waals surface area contributed by atoms with E-state index >= 15 is 0 Å². The molecule has 110 valence electrons. The first-order valence-corrected chi connectivity index (χ1v) is 6.78. The highest BCUT2D eigenvalue weighted by atomic mass is 35.5. The highest BCUT2D eigenvalue weighted by molar-refractivity contribution is 6.30. The molecule has 0 atom stereocenters. The number of ether oxygens (including phenoxy) is 1. The van der Waals surface area contributed by atoms with Gasteiger partial charge >= 0.3 is 5.69 Å². The molecule has 0 aliphatic carbocycles. The van der Waals surface area contributed by atoms with Crippen molar-refractivity contribution in [2.45, 2.75) is 13.3 Å². The van der Waals surface area contributed by atoms with E-state index in [0.717, 1.165) is 18.7 Å². The molecule has 0 saturated heterocycles. The van der Waals surface area contributed by atoms with Crippen LogP contribution in [0.15, 0.2) is 36.7 Å². The lowest BCUT2D eigenvalue weighted by Gasteiger charge is -2.09. The Balaban J connectivity index is 2.25. The molecule has 0 aliphatic heterocycles. The van der Waals surface area contributed by atoms with E-state index in [9.17, 15) is 10.1 Å². The van der Waals surface area contributed by atoms with Crippen LogP contribution < -0.4 is 10.1 Å². The summed E-state index contributed by atoms with van der Waals surface area (Å²) in [4.78, 5) is 14.5. The average molecular weight is 308 g/mol. The Labute approximate surface area is 126 Å². The smallest absolute Gasteiger partial charge is 0.311 e. The molecule has 0 bridgehead atoms. The van der Waals surface area contributed by atoms with E-state index in [2.05, 4.69) is 17.2 Å². The van der Waals surface area contributed by atoms with Crippen LogP contribution in [0.5, 0.6) is 11.5 Å². The number of halogens is 1. The van der Waals surface area contributed by atoms with Crippen LogP contribution in [0.3, 0.4) is 0 Å². The van der Waals surface area contributed by atoms with Gasteiger partial charge in [0.25, 0.3) is 0 Å². The fourth-order valence-corrected chi connectivity index (χ4v) is 1.85. The summed E-state index contributed by atoms with van der Waals surface area (Å²) in [7, 11) is 0. The van der Waals surface area contributed by atoms with Crippen molar-refractivity contribution >= 4 is 23.0 Å². The van der Waals surface area contributed by atoms with Gasteiger partial charge in [-0.1, -0.05) is 18.5 Å². The molecule has 1 aromatic heterocycles. The molecule has 0 saturated carbocycles. The molecule has 2 rings (SSSR count). The fraction of sp³-hybridized carbons (Fsp3) is 0.214. The second kappa shape index (κ2) is 6.90. The van der Waals surface area contributed by atoms with Gasteiger partial charge in [-0.15, -0.1) is 0 Å². The number of anilines is 1. The summed E-state index contributed by atoms with van der Waals surface area (Å²) >= 11 is 5.86. The van der Waals surface area contributed by atoms with E-state index < -0.39 is 4.92 Å². The lowest BCUT2D eigenvalue weighted by atomic mass is 10.3. The van der Waals surface area contributed by atoms with Crippen molar-refractivity contribution in [2.24, 2.45) is 0 Å². The lowest BCUT2D eigenvalue weighted by Crippen LogP contribution is -2.00. The second-order valence-electron chi connectivity index (χ2n) is 4.31. The van der Waals surface area contributed by atoms with Crippen LogP contribution in [0.2, 0.25) is 5.02 Å². The maximum absolute atomic E-state index is 11.0. The van der Waals surface area contributed by atoms with Gasteiger partial charge in [0.1, 0.15) is 5.75 Å². The molecule has 2 aromatic rings. The monoisotopic (exact) mass is 307 g/mol. The summed E-state index contributed by atoms with van der Waals surface area (Å²) in [6.45, 7) is 2.86. The molecule has 1 aromatic carbocycles.